The zero-order valence-corrected chi connectivity index (χ0v) is 22.5. The van der Waals surface area contributed by atoms with E-state index in [1.54, 1.807) is 0 Å². The number of hydrogen-bond acceptors (Lipinski definition) is 9. The molecule has 1 rings (SSSR count). The number of hydrogen-bond donors (Lipinski definition) is 1. The summed E-state index contributed by atoms with van der Waals surface area (Å²) >= 11 is 0. The average molecular weight is 516 g/mol. The highest BCUT2D eigenvalue weighted by Crippen LogP contribution is 2.28. The van der Waals surface area contributed by atoms with Gasteiger partial charge in [-0.1, -0.05) is 64.7 Å². The summed E-state index contributed by atoms with van der Waals surface area (Å²) < 4.78 is 27.9. The van der Waals surface area contributed by atoms with E-state index in [1.165, 1.54) is 72.6 Å². The summed E-state index contributed by atoms with van der Waals surface area (Å²) in [5.74, 6) is -2.21. The second kappa shape index (κ2) is 18.1. The molecule has 0 aliphatic carbocycles. The minimum absolute atomic E-state index is 0.240. The number of ether oxygens (including phenoxy) is 5. The summed E-state index contributed by atoms with van der Waals surface area (Å²) in [5.41, 5.74) is 0. The lowest BCUT2D eigenvalue weighted by Gasteiger charge is -2.44. The van der Waals surface area contributed by atoms with Gasteiger partial charge in [-0.2, -0.15) is 0 Å². The first-order chi connectivity index (χ1) is 17.1. The minimum Gasteiger partial charge on any atom is -0.463 e. The zero-order valence-electron chi connectivity index (χ0n) is 22.5. The molecule has 1 aliphatic rings. The maximum Gasteiger partial charge on any atom is 0.303 e. The van der Waals surface area contributed by atoms with E-state index in [2.05, 4.69) is 12.2 Å². The van der Waals surface area contributed by atoms with Crippen LogP contribution in [0.25, 0.3) is 0 Å². The van der Waals surface area contributed by atoms with Crippen molar-refractivity contribution in [2.45, 2.75) is 129 Å². The van der Waals surface area contributed by atoms with Crippen molar-refractivity contribution in [2.75, 3.05) is 13.2 Å². The summed E-state index contributed by atoms with van der Waals surface area (Å²) in [6, 6.07) is -0.924. The monoisotopic (exact) mass is 515 g/mol. The molecule has 0 aromatic carbocycles. The van der Waals surface area contributed by atoms with Crippen LogP contribution in [0.1, 0.15) is 98.8 Å². The first kappa shape index (κ1) is 31.8. The Bertz CT molecular complexity index is 684. The molecule has 10 heteroatoms. The second-order valence-corrected chi connectivity index (χ2v) is 9.27. The summed E-state index contributed by atoms with van der Waals surface area (Å²) in [5, 5.41) is 2.70. The van der Waals surface area contributed by atoms with Crippen LogP contribution in [0.4, 0.5) is 0 Å². The maximum absolute atomic E-state index is 11.9. The van der Waals surface area contributed by atoms with E-state index in [0.29, 0.717) is 6.61 Å². The predicted molar refractivity (Wildman–Crippen MR) is 132 cm³/mol. The van der Waals surface area contributed by atoms with E-state index < -0.39 is 54.5 Å². The molecule has 0 aromatic rings. The SMILES string of the molecule is CCCCCCCCCCCCO[C@H]1O[C@H](COC(C)=O)[C@@H](OC(C)=O)[C@@H](OC(C)=O)[C@@H]1NC(C)=O. The highest BCUT2D eigenvalue weighted by Gasteiger charge is 2.51. The average Bonchev–Trinajstić information content (AvgIpc) is 2.78. The summed E-state index contributed by atoms with van der Waals surface area (Å²) in [6.45, 7) is 7.31. The van der Waals surface area contributed by atoms with Crippen LogP contribution in [-0.2, 0) is 42.9 Å². The van der Waals surface area contributed by atoms with E-state index in [4.69, 9.17) is 23.7 Å². The molecular weight excluding hydrogens is 470 g/mol. The molecular formula is C26H45NO9. The number of rotatable bonds is 17. The van der Waals surface area contributed by atoms with Gasteiger partial charge in [0.1, 0.15) is 18.8 Å². The highest BCUT2D eigenvalue weighted by atomic mass is 16.7. The molecule has 208 valence electrons. The van der Waals surface area contributed by atoms with E-state index in [-0.39, 0.29) is 6.61 Å². The number of nitrogens with one attached hydrogen (secondary N) is 1. The molecule has 0 aromatic heterocycles. The van der Waals surface area contributed by atoms with Gasteiger partial charge in [0.2, 0.25) is 5.91 Å². The van der Waals surface area contributed by atoms with Gasteiger partial charge in [-0.15, -0.1) is 0 Å². The van der Waals surface area contributed by atoms with Gasteiger partial charge in [-0.25, -0.2) is 0 Å². The molecule has 0 unspecified atom stereocenters. The van der Waals surface area contributed by atoms with Crippen molar-refractivity contribution in [1.29, 1.82) is 0 Å². The number of amides is 1. The van der Waals surface area contributed by atoms with E-state index in [9.17, 15) is 19.2 Å². The Morgan fingerprint density at radius 1 is 0.722 bits per heavy atom. The normalized spacial score (nSPS) is 23.5. The van der Waals surface area contributed by atoms with Crippen LogP contribution in [0, 0.1) is 0 Å². The van der Waals surface area contributed by atoms with Crippen molar-refractivity contribution in [1.82, 2.24) is 5.32 Å². The summed E-state index contributed by atoms with van der Waals surface area (Å²) in [4.78, 5) is 47.0. The molecule has 36 heavy (non-hydrogen) atoms. The first-order valence-corrected chi connectivity index (χ1v) is 13.2. The van der Waals surface area contributed by atoms with Crippen LogP contribution in [0.3, 0.4) is 0 Å². The summed E-state index contributed by atoms with van der Waals surface area (Å²) in [6.07, 6.45) is 7.60. The molecule has 1 aliphatic heterocycles. The molecule has 0 saturated carbocycles. The van der Waals surface area contributed by atoms with Gasteiger partial charge in [0, 0.05) is 34.3 Å². The van der Waals surface area contributed by atoms with Crippen LogP contribution in [0.15, 0.2) is 0 Å². The second-order valence-electron chi connectivity index (χ2n) is 9.27. The Morgan fingerprint density at radius 3 is 1.75 bits per heavy atom. The van der Waals surface area contributed by atoms with Crippen LogP contribution in [-0.4, -0.2) is 67.7 Å². The molecule has 1 amide bonds. The topological polar surface area (TPSA) is 126 Å². The Kier molecular flexibility index (Phi) is 16.0. The molecule has 5 atom stereocenters. The molecule has 1 fully saturated rings. The minimum atomic E-state index is -1.11. The smallest absolute Gasteiger partial charge is 0.303 e. The van der Waals surface area contributed by atoms with Crippen LogP contribution < -0.4 is 5.32 Å². The lowest BCUT2D eigenvalue weighted by atomic mass is 9.96. The van der Waals surface area contributed by atoms with Gasteiger partial charge in [0.25, 0.3) is 0 Å². The maximum atomic E-state index is 11.9. The Morgan fingerprint density at radius 2 is 1.25 bits per heavy atom. The Hall–Kier alpha value is -2.20. The third kappa shape index (κ3) is 13.2. The fourth-order valence-corrected chi connectivity index (χ4v) is 4.22. The van der Waals surface area contributed by atoms with Gasteiger partial charge in [0.15, 0.2) is 18.5 Å². The van der Waals surface area contributed by atoms with Gasteiger partial charge in [0.05, 0.1) is 0 Å². The van der Waals surface area contributed by atoms with Crippen molar-refractivity contribution in [2.24, 2.45) is 0 Å². The fraction of sp³-hybridized carbons (Fsp3) is 0.846. The largest absolute Gasteiger partial charge is 0.463 e. The number of carbonyl (C=O) groups excluding carboxylic acids is 4. The number of carbonyl (C=O) groups is 4. The third-order valence-electron chi connectivity index (χ3n) is 5.85. The third-order valence-corrected chi connectivity index (χ3v) is 5.85. The van der Waals surface area contributed by atoms with Gasteiger partial charge in [-0.05, 0) is 6.42 Å². The van der Waals surface area contributed by atoms with E-state index >= 15 is 0 Å². The van der Waals surface area contributed by atoms with Crippen molar-refractivity contribution >= 4 is 23.8 Å². The zero-order chi connectivity index (χ0) is 26.9. The molecule has 1 N–H and O–H groups in total. The quantitative estimate of drug-likeness (QED) is 0.176. The molecule has 0 bridgehead atoms. The predicted octanol–water partition coefficient (Wildman–Crippen LogP) is 3.58. The molecule has 1 saturated heterocycles. The number of unbranched alkanes of at least 4 members (excludes halogenated alkanes) is 9. The van der Waals surface area contributed by atoms with Gasteiger partial charge < -0.3 is 29.0 Å². The fourth-order valence-electron chi connectivity index (χ4n) is 4.22. The van der Waals surface area contributed by atoms with Crippen molar-refractivity contribution in [3.8, 4) is 0 Å². The van der Waals surface area contributed by atoms with Crippen molar-refractivity contribution in [3.05, 3.63) is 0 Å². The van der Waals surface area contributed by atoms with Gasteiger partial charge >= 0.3 is 17.9 Å². The van der Waals surface area contributed by atoms with Crippen molar-refractivity contribution < 1.29 is 42.9 Å². The number of esters is 3. The lowest BCUT2D eigenvalue weighted by molar-refractivity contribution is -0.277. The first-order valence-electron chi connectivity index (χ1n) is 13.2. The molecule has 0 spiro atoms. The van der Waals surface area contributed by atoms with Crippen LogP contribution in [0.2, 0.25) is 0 Å². The molecule has 10 nitrogen and oxygen atoms in total. The van der Waals surface area contributed by atoms with E-state index in [0.717, 1.165) is 19.3 Å². The summed E-state index contributed by atoms with van der Waals surface area (Å²) in [7, 11) is 0. The molecule has 0 radical (unpaired) electrons. The van der Waals surface area contributed by atoms with Crippen LogP contribution >= 0.6 is 0 Å². The Balaban J connectivity index is 2.77. The van der Waals surface area contributed by atoms with Crippen molar-refractivity contribution in [3.63, 3.8) is 0 Å². The lowest BCUT2D eigenvalue weighted by Crippen LogP contribution is -2.66. The molecule has 1 heterocycles. The van der Waals surface area contributed by atoms with E-state index in [1.807, 2.05) is 0 Å². The van der Waals surface area contributed by atoms with Crippen LogP contribution in [0.5, 0.6) is 0 Å². The standard InChI is InChI=1S/C26H45NO9/c1-6-7-8-9-10-11-12-13-14-15-16-32-26-23(27-18(2)28)25(35-21(5)31)24(34-20(4)30)22(36-26)17-33-19(3)29/h22-26H,6-17H2,1-5H3,(H,27,28)/t22-,23+,24-,25+,26+/m1/s1. The highest BCUT2D eigenvalue weighted by molar-refractivity contribution is 5.73. The Labute approximate surface area is 215 Å². The van der Waals surface area contributed by atoms with Gasteiger partial charge in [-0.3, -0.25) is 19.2 Å².